The zero-order valence-corrected chi connectivity index (χ0v) is 15.8. The monoisotopic (exact) mass is 342 g/mol. The fraction of sp³-hybridized carbons (Fsp3) is 0.591. The minimum Gasteiger partial charge on any atom is -0.478 e. The lowest BCUT2D eigenvalue weighted by Crippen LogP contribution is -1.98. The average molecular weight is 343 g/mol. The van der Waals surface area contributed by atoms with E-state index in [0.717, 1.165) is 31.2 Å². The molecule has 0 radical (unpaired) electrons. The molecule has 138 valence electrons. The number of unbranched alkanes of at least 4 members (excludes halogenated alkanes) is 9. The van der Waals surface area contributed by atoms with Crippen LogP contribution in [0.15, 0.2) is 36.5 Å². The van der Waals surface area contributed by atoms with Gasteiger partial charge in [0.25, 0.3) is 0 Å². The Morgan fingerprint density at radius 2 is 1.48 bits per heavy atom. The van der Waals surface area contributed by atoms with Crippen molar-refractivity contribution in [1.29, 1.82) is 0 Å². The fourth-order valence-corrected chi connectivity index (χ4v) is 3.07. The third-order valence-corrected chi connectivity index (χ3v) is 4.57. The molecule has 25 heavy (non-hydrogen) atoms. The topological polar surface area (TPSA) is 37.9 Å². The number of hydrogen-bond donors (Lipinski definition) is 1. The number of H-pyrrole nitrogens is 1. The SMILES string of the molecule is CCCCCCCCCCCCOc1cnc(Cc2ccccc2)[nH]1. The molecule has 1 aromatic carbocycles. The molecule has 1 aromatic heterocycles. The Balaban J connectivity index is 1.47. The highest BCUT2D eigenvalue weighted by molar-refractivity contribution is 5.20. The number of nitrogens with one attached hydrogen (secondary N) is 1. The van der Waals surface area contributed by atoms with Gasteiger partial charge in [0.15, 0.2) is 0 Å². The average Bonchev–Trinajstić information content (AvgIpc) is 3.08. The number of benzene rings is 1. The summed E-state index contributed by atoms with van der Waals surface area (Å²) in [5.41, 5.74) is 1.26. The molecule has 3 nitrogen and oxygen atoms in total. The molecule has 0 aliphatic heterocycles. The van der Waals surface area contributed by atoms with E-state index in [-0.39, 0.29) is 0 Å². The van der Waals surface area contributed by atoms with Crippen molar-refractivity contribution < 1.29 is 4.74 Å². The molecule has 0 aliphatic rings. The number of aromatic amines is 1. The van der Waals surface area contributed by atoms with Crippen molar-refractivity contribution >= 4 is 0 Å². The minimum absolute atomic E-state index is 0.781. The van der Waals surface area contributed by atoms with Gasteiger partial charge in [-0.15, -0.1) is 0 Å². The predicted octanol–water partition coefficient (Wildman–Crippen LogP) is 6.30. The van der Waals surface area contributed by atoms with Crippen LogP contribution in [0.5, 0.6) is 5.88 Å². The molecule has 1 heterocycles. The van der Waals surface area contributed by atoms with Crippen LogP contribution in [0.2, 0.25) is 0 Å². The summed E-state index contributed by atoms with van der Waals surface area (Å²) < 4.78 is 5.78. The molecular formula is C22H34N2O. The Morgan fingerprint density at radius 1 is 0.840 bits per heavy atom. The van der Waals surface area contributed by atoms with Crippen molar-refractivity contribution in [3.05, 3.63) is 47.9 Å². The van der Waals surface area contributed by atoms with Crippen molar-refractivity contribution in [1.82, 2.24) is 9.97 Å². The summed E-state index contributed by atoms with van der Waals surface area (Å²) in [4.78, 5) is 7.66. The van der Waals surface area contributed by atoms with E-state index < -0.39 is 0 Å². The highest BCUT2D eigenvalue weighted by atomic mass is 16.5. The van der Waals surface area contributed by atoms with Crippen LogP contribution in [0.1, 0.15) is 82.5 Å². The first-order chi connectivity index (χ1) is 12.4. The summed E-state index contributed by atoms with van der Waals surface area (Å²) in [6.45, 7) is 3.05. The highest BCUT2D eigenvalue weighted by Gasteiger charge is 2.02. The van der Waals surface area contributed by atoms with Gasteiger partial charge in [-0.05, 0) is 12.0 Å². The van der Waals surface area contributed by atoms with E-state index in [1.807, 2.05) is 6.07 Å². The zero-order chi connectivity index (χ0) is 17.6. The highest BCUT2D eigenvalue weighted by Crippen LogP contribution is 2.13. The predicted molar refractivity (Wildman–Crippen MR) is 105 cm³/mol. The van der Waals surface area contributed by atoms with Gasteiger partial charge in [-0.2, -0.15) is 0 Å². The summed E-state index contributed by atoms with van der Waals surface area (Å²) in [7, 11) is 0. The largest absolute Gasteiger partial charge is 0.478 e. The van der Waals surface area contributed by atoms with Gasteiger partial charge in [-0.3, -0.25) is 0 Å². The smallest absolute Gasteiger partial charge is 0.211 e. The van der Waals surface area contributed by atoms with Crippen LogP contribution in [0.4, 0.5) is 0 Å². The van der Waals surface area contributed by atoms with E-state index in [2.05, 4.69) is 41.2 Å². The number of rotatable bonds is 14. The molecule has 0 saturated heterocycles. The van der Waals surface area contributed by atoms with Crippen molar-refractivity contribution in [2.45, 2.75) is 77.6 Å². The maximum absolute atomic E-state index is 5.78. The maximum Gasteiger partial charge on any atom is 0.211 e. The van der Waals surface area contributed by atoms with Gasteiger partial charge in [0.1, 0.15) is 5.82 Å². The molecule has 2 rings (SSSR count). The lowest BCUT2D eigenvalue weighted by atomic mass is 10.1. The summed E-state index contributed by atoms with van der Waals surface area (Å²) in [5.74, 6) is 1.76. The first kappa shape index (κ1) is 19.6. The van der Waals surface area contributed by atoms with Gasteiger partial charge in [0.05, 0.1) is 12.8 Å². The molecule has 0 amide bonds. The number of nitrogens with zero attached hydrogens (tertiary/aromatic N) is 1. The van der Waals surface area contributed by atoms with Crippen molar-refractivity contribution in [3.8, 4) is 5.88 Å². The van der Waals surface area contributed by atoms with Crippen LogP contribution in [-0.4, -0.2) is 16.6 Å². The number of hydrogen-bond acceptors (Lipinski definition) is 2. The second-order valence-electron chi connectivity index (χ2n) is 6.89. The van der Waals surface area contributed by atoms with E-state index in [9.17, 15) is 0 Å². The maximum atomic E-state index is 5.78. The molecule has 0 fully saturated rings. The molecule has 0 saturated carbocycles. The van der Waals surface area contributed by atoms with Crippen LogP contribution in [0.3, 0.4) is 0 Å². The van der Waals surface area contributed by atoms with Gasteiger partial charge in [-0.1, -0.05) is 95.0 Å². The summed E-state index contributed by atoms with van der Waals surface area (Å²) in [6, 6.07) is 10.4. The Bertz CT molecular complexity index is 550. The van der Waals surface area contributed by atoms with Gasteiger partial charge in [0.2, 0.25) is 5.88 Å². The first-order valence-electron chi connectivity index (χ1n) is 10.1. The van der Waals surface area contributed by atoms with Crippen molar-refractivity contribution in [3.63, 3.8) is 0 Å². The van der Waals surface area contributed by atoms with E-state index in [1.165, 1.54) is 63.4 Å². The van der Waals surface area contributed by atoms with Crippen LogP contribution in [0.25, 0.3) is 0 Å². The minimum atomic E-state index is 0.781. The zero-order valence-electron chi connectivity index (χ0n) is 15.8. The Hall–Kier alpha value is -1.77. The quantitative estimate of drug-likeness (QED) is 0.409. The van der Waals surface area contributed by atoms with E-state index in [0.29, 0.717) is 0 Å². The van der Waals surface area contributed by atoms with Crippen molar-refractivity contribution in [2.24, 2.45) is 0 Å². The normalized spacial score (nSPS) is 10.9. The van der Waals surface area contributed by atoms with Gasteiger partial charge in [0, 0.05) is 6.42 Å². The van der Waals surface area contributed by atoms with Crippen molar-refractivity contribution in [2.75, 3.05) is 6.61 Å². The van der Waals surface area contributed by atoms with Crippen LogP contribution < -0.4 is 4.74 Å². The first-order valence-corrected chi connectivity index (χ1v) is 10.1. The summed E-state index contributed by atoms with van der Waals surface area (Å²) >= 11 is 0. The van der Waals surface area contributed by atoms with Crippen LogP contribution in [0, 0.1) is 0 Å². The second-order valence-corrected chi connectivity index (χ2v) is 6.89. The number of imidazole rings is 1. The lowest BCUT2D eigenvalue weighted by molar-refractivity contribution is 0.294. The molecule has 0 unspecified atom stereocenters. The third kappa shape index (κ3) is 8.76. The second kappa shape index (κ2) is 12.6. The summed E-state index contributed by atoms with van der Waals surface area (Å²) in [6.07, 6.45) is 16.1. The lowest BCUT2D eigenvalue weighted by Gasteiger charge is -2.04. The van der Waals surface area contributed by atoms with Gasteiger partial charge >= 0.3 is 0 Å². The van der Waals surface area contributed by atoms with Crippen LogP contribution in [-0.2, 0) is 6.42 Å². The van der Waals surface area contributed by atoms with Gasteiger partial charge in [-0.25, -0.2) is 4.98 Å². The standard InChI is InChI=1S/C22H34N2O/c1-2-3-4-5-6-7-8-9-10-14-17-25-22-19-23-21(24-22)18-20-15-12-11-13-16-20/h11-13,15-16,19H,2-10,14,17-18H2,1H3,(H,23,24). The Labute approximate surface area is 153 Å². The Morgan fingerprint density at radius 3 is 2.16 bits per heavy atom. The van der Waals surface area contributed by atoms with Crippen LogP contribution >= 0.6 is 0 Å². The molecule has 0 spiro atoms. The Kier molecular flexibility index (Phi) is 9.83. The molecule has 0 aliphatic carbocycles. The number of ether oxygens (including phenoxy) is 1. The fourth-order valence-electron chi connectivity index (χ4n) is 3.07. The summed E-state index contributed by atoms with van der Waals surface area (Å²) in [5, 5.41) is 0. The van der Waals surface area contributed by atoms with E-state index in [4.69, 9.17) is 4.74 Å². The molecule has 2 aromatic rings. The molecule has 3 heteroatoms. The third-order valence-electron chi connectivity index (χ3n) is 4.57. The molecule has 1 N–H and O–H groups in total. The molecular weight excluding hydrogens is 308 g/mol. The molecule has 0 bridgehead atoms. The van der Waals surface area contributed by atoms with E-state index >= 15 is 0 Å². The van der Waals surface area contributed by atoms with Gasteiger partial charge < -0.3 is 9.72 Å². The number of aromatic nitrogens is 2. The van der Waals surface area contributed by atoms with E-state index in [1.54, 1.807) is 6.20 Å². The molecule has 0 atom stereocenters.